The van der Waals surface area contributed by atoms with Crippen LogP contribution in [0.3, 0.4) is 0 Å². The summed E-state index contributed by atoms with van der Waals surface area (Å²) in [5.41, 5.74) is 12.8. The van der Waals surface area contributed by atoms with Gasteiger partial charge in [-0.15, -0.1) is 0 Å². The summed E-state index contributed by atoms with van der Waals surface area (Å²) < 4.78 is 11.7. The Bertz CT molecular complexity index is 1380. The fourth-order valence-corrected chi connectivity index (χ4v) is 4.86. The lowest BCUT2D eigenvalue weighted by molar-refractivity contribution is -0.142. The highest BCUT2D eigenvalue weighted by molar-refractivity contribution is 6.01. The number of aromatic nitrogens is 1. The van der Waals surface area contributed by atoms with Crippen molar-refractivity contribution in [2.45, 2.75) is 39.2 Å². The van der Waals surface area contributed by atoms with Gasteiger partial charge in [0.15, 0.2) is 0 Å². The average Bonchev–Trinajstić information content (AvgIpc) is 3.23. The summed E-state index contributed by atoms with van der Waals surface area (Å²) in [5, 5.41) is 2.04. The first-order valence-electron chi connectivity index (χ1n) is 11.7. The maximum absolute atomic E-state index is 12.2. The van der Waals surface area contributed by atoms with Crippen molar-refractivity contribution >= 4 is 22.6 Å². The fraction of sp³-hybridized carbons (Fsp3) is 0.241. The van der Waals surface area contributed by atoms with E-state index in [2.05, 4.69) is 29.2 Å². The molecule has 1 heterocycles. The van der Waals surface area contributed by atoms with Crippen molar-refractivity contribution in [2.75, 3.05) is 12.3 Å². The lowest BCUT2D eigenvalue weighted by Gasteiger charge is -2.20. The Balaban J connectivity index is 1.49. The molecule has 0 spiro atoms. The molecule has 5 rings (SSSR count). The van der Waals surface area contributed by atoms with Gasteiger partial charge in [-0.3, -0.25) is 4.79 Å². The number of nitrogens with two attached hydrogens (primary N) is 1. The van der Waals surface area contributed by atoms with Crippen LogP contribution in [0.15, 0.2) is 66.9 Å². The summed E-state index contributed by atoms with van der Waals surface area (Å²) in [4.78, 5) is 16.4. The lowest BCUT2D eigenvalue weighted by Crippen LogP contribution is -2.12. The number of esters is 1. The Hall–Kier alpha value is -3.86. The van der Waals surface area contributed by atoms with Gasteiger partial charge < -0.3 is 15.2 Å². The van der Waals surface area contributed by atoms with E-state index in [0.29, 0.717) is 12.4 Å². The Morgan fingerprint density at radius 1 is 1.09 bits per heavy atom. The summed E-state index contributed by atoms with van der Waals surface area (Å²) in [6.07, 6.45) is 3.76. The Morgan fingerprint density at radius 3 is 2.79 bits per heavy atom. The normalized spacial score (nSPS) is 14.7. The summed E-state index contributed by atoms with van der Waals surface area (Å²) in [7, 11) is 0. The Morgan fingerprint density at radius 2 is 1.94 bits per heavy atom. The molecule has 1 aliphatic carbocycles. The summed E-state index contributed by atoms with van der Waals surface area (Å²) >= 11 is 0. The molecule has 0 radical (unpaired) electrons. The molecule has 1 atom stereocenters. The van der Waals surface area contributed by atoms with E-state index in [9.17, 15) is 4.79 Å². The van der Waals surface area contributed by atoms with Crippen molar-refractivity contribution in [3.8, 4) is 16.9 Å². The van der Waals surface area contributed by atoms with Gasteiger partial charge in [0, 0.05) is 17.1 Å². The summed E-state index contributed by atoms with van der Waals surface area (Å²) in [6.45, 7) is 4.19. The molecule has 3 aromatic carbocycles. The van der Waals surface area contributed by atoms with Gasteiger partial charge in [-0.05, 0) is 78.1 Å². The number of nitrogen functional groups attached to an aromatic ring is 1. The zero-order valence-electron chi connectivity index (χ0n) is 19.5. The molecule has 5 nitrogen and oxygen atoms in total. The highest BCUT2D eigenvalue weighted by Crippen LogP contribution is 2.40. The highest BCUT2D eigenvalue weighted by atomic mass is 16.5. The average molecular weight is 453 g/mol. The van der Waals surface area contributed by atoms with Crippen LogP contribution < -0.4 is 10.5 Å². The number of fused-ring (bicyclic) bond motifs is 2. The maximum atomic E-state index is 12.2. The number of nitrogens with zero attached hydrogens (tertiary/aromatic N) is 1. The second kappa shape index (κ2) is 9.18. The smallest absolute Gasteiger partial charge is 0.310 e. The molecule has 0 aliphatic heterocycles. The molecule has 0 saturated carbocycles. The van der Waals surface area contributed by atoms with Crippen LogP contribution in [-0.4, -0.2) is 17.6 Å². The predicted molar refractivity (Wildman–Crippen MR) is 135 cm³/mol. The topological polar surface area (TPSA) is 74.4 Å². The van der Waals surface area contributed by atoms with Gasteiger partial charge in [0.1, 0.15) is 17.7 Å². The van der Waals surface area contributed by atoms with Gasteiger partial charge >= 0.3 is 5.97 Å². The number of hydrogen-bond acceptors (Lipinski definition) is 5. The number of benzene rings is 3. The van der Waals surface area contributed by atoms with Crippen LogP contribution in [0.25, 0.3) is 21.9 Å². The molecule has 0 fully saturated rings. The number of carbonyl (C=O) groups excluding carboxylic acids is 1. The van der Waals surface area contributed by atoms with E-state index >= 15 is 0 Å². The molecule has 5 heteroatoms. The van der Waals surface area contributed by atoms with E-state index in [1.165, 1.54) is 11.1 Å². The zero-order valence-corrected chi connectivity index (χ0v) is 19.5. The predicted octanol–water partition coefficient (Wildman–Crippen LogP) is 5.96. The molecule has 34 heavy (non-hydrogen) atoms. The molecule has 0 unspecified atom stereocenters. The first-order valence-corrected chi connectivity index (χ1v) is 11.7. The lowest BCUT2D eigenvalue weighted by atomic mass is 9.96. The molecule has 0 bridgehead atoms. The van der Waals surface area contributed by atoms with E-state index in [4.69, 9.17) is 15.2 Å². The van der Waals surface area contributed by atoms with Gasteiger partial charge in [-0.1, -0.05) is 42.5 Å². The van der Waals surface area contributed by atoms with Crippen molar-refractivity contribution in [1.29, 1.82) is 0 Å². The van der Waals surface area contributed by atoms with Gasteiger partial charge in [0.25, 0.3) is 0 Å². The molecule has 1 aliphatic rings. The second-order valence-electron chi connectivity index (χ2n) is 8.69. The second-order valence-corrected chi connectivity index (χ2v) is 8.69. The van der Waals surface area contributed by atoms with Crippen LogP contribution in [0.5, 0.6) is 5.75 Å². The maximum Gasteiger partial charge on any atom is 0.310 e. The van der Waals surface area contributed by atoms with Crippen LogP contribution in [0.2, 0.25) is 0 Å². The Kier molecular flexibility index (Phi) is 5.93. The minimum Gasteiger partial charge on any atom is -0.485 e. The number of aryl methyl sites for hydroxylation is 2. The number of hydrogen-bond donors (Lipinski definition) is 1. The van der Waals surface area contributed by atoms with Gasteiger partial charge in [-0.25, -0.2) is 4.98 Å². The standard InChI is InChI=1S/C29H28N2O3/c1-3-33-28(32)17-24-18(2)6-4-9-26(24)34-27-13-12-19-10-11-20(16-25(19)27)21-7-5-8-23-22(21)14-15-31-29(23)30/h4-11,14-16,27H,3,12-13,17H2,1-2H3,(H2,30,31)/t27-/m1/s1. The molecule has 0 amide bonds. The van der Waals surface area contributed by atoms with Crippen molar-refractivity contribution < 1.29 is 14.3 Å². The molecular weight excluding hydrogens is 424 g/mol. The number of ether oxygens (including phenoxy) is 2. The third-order valence-corrected chi connectivity index (χ3v) is 6.58. The van der Waals surface area contributed by atoms with Crippen LogP contribution in [0.4, 0.5) is 5.82 Å². The molecular formula is C29H28N2O3. The van der Waals surface area contributed by atoms with Crippen molar-refractivity contribution in [2.24, 2.45) is 0 Å². The quantitative estimate of drug-likeness (QED) is 0.365. The third-order valence-electron chi connectivity index (χ3n) is 6.58. The third kappa shape index (κ3) is 4.10. The van der Waals surface area contributed by atoms with E-state index < -0.39 is 0 Å². The molecule has 2 N–H and O–H groups in total. The minimum absolute atomic E-state index is 0.0700. The first-order chi connectivity index (χ1) is 16.5. The minimum atomic E-state index is -0.236. The Labute approximate surface area is 199 Å². The largest absolute Gasteiger partial charge is 0.485 e. The number of anilines is 1. The summed E-state index contributed by atoms with van der Waals surface area (Å²) in [6, 6.07) is 20.7. The number of carbonyl (C=O) groups is 1. The van der Waals surface area contributed by atoms with Gasteiger partial charge in [0.2, 0.25) is 0 Å². The van der Waals surface area contributed by atoms with Gasteiger partial charge in [0.05, 0.1) is 13.0 Å². The van der Waals surface area contributed by atoms with Crippen molar-refractivity contribution in [1.82, 2.24) is 4.98 Å². The monoisotopic (exact) mass is 452 g/mol. The summed E-state index contributed by atoms with van der Waals surface area (Å²) in [5.74, 6) is 1.05. The van der Waals surface area contributed by atoms with E-state index in [-0.39, 0.29) is 18.5 Å². The molecule has 1 aromatic heterocycles. The first kappa shape index (κ1) is 22.0. The number of rotatable bonds is 6. The van der Waals surface area contributed by atoms with Crippen LogP contribution >= 0.6 is 0 Å². The van der Waals surface area contributed by atoms with Crippen LogP contribution in [0, 0.1) is 6.92 Å². The van der Waals surface area contributed by atoms with Crippen LogP contribution in [0.1, 0.15) is 41.7 Å². The van der Waals surface area contributed by atoms with E-state index in [1.807, 2.05) is 50.2 Å². The number of pyridine rings is 1. The zero-order chi connectivity index (χ0) is 23.7. The fourth-order valence-electron chi connectivity index (χ4n) is 4.86. The van der Waals surface area contributed by atoms with Crippen molar-refractivity contribution in [3.05, 3.63) is 89.1 Å². The van der Waals surface area contributed by atoms with E-state index in [1.54, 1.807) is 6.20 Å². The highest BCUT2D eigenvalue weighted by Gasteiger charge is 2.26. The molecule has 172 valence electrons. The SMILES string of the molecule is CCOC(=O)Cc1c(C)cccc1O[C@@H]1CCc2ccc(-c3cccc4c(N)nccc34)cc21. The van der Waals surface area contributed by atoms with Gasteiger partial charge in [-0.2, -0.15) is 0 Å². The van der Waals surface area contributed by atoms with Crippen molar-refractivity contribution in [3.63, 3.8) is 0 Å². The molecule has 0 saturated heterocycles. The van der Waals surface area contributed by atoms with E-state index in [0.717, 1.165) is 51.6 Å². The molecule has 4 aromatic rings. The van der Waals surface area contributed by atoms with Crippen LogP contribution in [-0.2, 0) is 22.4 Å².